The molecule has 1 aliphatic heterocycles. The lowest BCUT2D eigenvalue weighted by atomic mass is 10.0. The molecule has 3 aromatic rings. The second-order valence-corrected chi connectivity index (χ2v) is 10.6. The molecule has 0 amide bonds. The zero-order valence-corrected chi connectivity index (χ0v) is 17.8. The van der Waals surface area contributed by atoms with Crippen molar-refractivity contribution in [3.8, 4) is 22.0 Å². The first-order valence-electron chi connectivity index (χ1n) is 8.27. The number of thiophene rings is 1. The first kappa shape index (κ1) is 19.8. The van der Waals surface area contributed by atoms with E-state index in [-0.39, 0.29) is 23.2 Å². The lowest BCUT2D eigenvalue weighted by molar-refractivity contribution is 0.522. The van der Waals surface area contributed by atoms with Gasteiger partial charge in [-0.15, -0.1) is 21.5 Å². The molecule has 152 valence electrons. The summed E-state index contributed by atoms with van der Waals surface area (Å²) >= 11 is 7.72. The van der Waals surface area contributed by atoms with Crippen LogP contribution in [0.4, 0.5) is 4.39 Å². The van der Waals surface area contributed by atoms with Crippen molar-refractivity contribution < 1.29 is 13.0 Å². The summed E-state index contributed by atoms with van der Waals surface area (Å²) in [5.41, 5.74) is 5.61. The number of halogens is 2. The molecule has 0 bridgehead atoms. The first-order valence-corrected chi connectivity index (χ1v) is 11.3. The zero-order valence-electron chi connectivity index (χ0n) is 15.4. The molecule has 0 spiro atoms. The van der Waals surface area contributed by atoms with Crippen molar-refractivity contribution in [3.63, 3.8) is 0 Å². The quantitative estimate of drug-likeness (QED) is 0.609. The van der Waals surface area contributed by atoms with Gasteiger partial charge >= 0.3 is 0 Å². The number of nitrogens with zero attached hydrogens (tertiary/aromatic N) is 5. The van der Waals surface area contributed by atoms with Gasteiger partial charge in [-0.25, -0.2) is 18.6 Å². The third kappa shape index (κ3) is 3.38. The van der Waals surface area contributed by atoms with Gasteiger partial charge < -0.3 is 10.2 Å². The summed E-state index contributed by atoms with van der Waals surface area (Å²) in [4.78, 5) is 9.66. The van der Waals surface area contributed by atoms with Crippen LogP contribution >= 0.6 is 22.9 Å². The summed E-state index contributed by atoms with van der Waals surface area (Å²) in [7, 11) is -1.09. The molecule has 2 N–H and O–H groups in total. The predicted octanol–water partition coefficient (Wildman–Crippen LogP) is 2.76. The molecule has 29 heavy (non-hydrogen) atoms. The Kier molecular flexibility index (Phi) is 4.63. The maximum Gasteiger partial charge on any atom is 0.266 e. The molecule has 4 rings (SSSR count). The molecule has 1 aliphatic rings. The van der Waals surface area contributed by atoms with Gasteiger partial charge in [-0.2, -0.15) is 0 Å². The molecule has 4 heterocycles. The number of pyridine rings is 1. The molecule has 0 radical (unpaired) electrons. The summed E-state index contributed by atoms with van der Waals surface area (Å²) in [5.74, 6) is 3.67. The topological polar surface area (TPSA) is 110 Å². The fourth-order valence-corrected chi connectivity index (χ4v) is 6.48. The summed E-state index contributed by atoms with van der Waals surface area (Å²) in [5, 5.41) is 7.77. The largest absolute Gasteiger partial charge is 0.422 e. The van der Waals surface area contributed by atoms with Gasteiger partial charge in [0, 0.05) is 17.5 Å². The van der Waals surface area contributed by atoms with Crippen LogP contribution in [-0.2, 0) is 15.2 Å². The highest BCUT2D eigenvalue weighted by molar-refractivity contribution is 7.98. The van der Waals surface area contributed by atoms with E-state index in [1.165, 1.54) is 28.1 Å². The molecular weight excluding hydrogens is 439 g/mol. The Morgan fingerprint density at radius 2 is 2.24 bits per heavy atom. The molecule has 3 aromatic heterocycles. The fourth-order valence-electron chi connectivity index (χ4n) is 3.08. The van der Waals surface area contributed by atoms with Crippen LogP contribution in [-0.4, -0.2) is 48.3 Å². The predicted molar refractivity (Wildman–Crippen MR) is 113 cm³/mol. The lowest BCUT2D eigenvalue weighted by Gasteiger charge is -2.36. The van der Waals surface area contributed by atoms with E-state index in [0.717, 1.165) is 6.20 Å². The summed E-state index contributed by atoms with van der Waals surface area (Å²) in [6.45, 7) is 1.78. The van der Waals surface area contributed by atoms with Crippen molar-refractivity contribution in [1.29, 1.82) is 0 Å². The number of hydrogen-bond acceptors (Lipinski definition) is 8. The van der Waals surface area contributed by atoms with Gasteiger partial charge in [0.05, 0.1) is 31.6 Å². The fraction of sp³-hybridized carbons (Fsp3) is 0.235. The maximum atomic E-state index is 14.5. The van der Waals surface area contributed by atoms with Gasteiger partial charge in [0.1, 0.15) is 17.1 Å². The smallest absolute Gasteiger partial charge is 0.266 e. The van der Waals surface area contributed by atoms with Gasteiger partial charge in [0.2, 0.25) is 12.4 Å². The van der Waals surface area contributed by atoms with Gasteiger partial charge in [-0.05, 0) is 24.9 Å². The third-order valence-electron chi connectivity index (χ3n) is 4.57. The molecule has 0 fully saturated rings. The van der Waals surface area contributed by atoms with E-state index in [4.69, 9.17) is 21.8 Å². The second-order valence-electron chi connectivity index (χ2n) is 6.74. The Labute approximate surface area is 175 Å². The molecule has 12 heteroatoms. The molecule has 2 atom stereocenters. The third-order valence-corrected chi connectivity index (χ3v) is 8.60. The normalized spacial score (nSPS) is 24.6. The minimum atomic E-state index is -2.67. The second kappa shape index (κ2) is 6.78. The van der Waals surface area contributed by atoms with Crippen LogP contribution in [0, 0.1) is 5.82 Å². The van der Waals surface area contributed by atoms with Crippen LogP contribution in [0.1, 0.15) is 11.8 Å². The minimum Gasteiger partial charge on any atom is -0.422 e. The standard InChI is InChI=1S/C17H16ClFN6O2S2/c1-17(7-29(3,26)25(2)16(20)23-17)14-10(18)5-13(28-14)9-4-12(21-6-11(9)19)15-24-22-8-27-15/h4-6,8H,3,7H2,1-2H3,(H2,20,23)/t17-,29?/m0/s1. The van der Waals surface area contributed by atoms with Crippen LogP contribution in [0.3, 0.4) is 0 Å². The van der Waals surface area contributed by atoms with Crippen molar-refractivity contribution in [2.75, 3.05) is 12.8 Å². The minimum absolute atomic E-state index is 0.110. The van der Waals surface area contributed by atoms with E-state index in [1.54, 1.807) is 20.0 Å². The Morgan fingerprint density at radius 1 is 1.48 bits per heavy atom. The highest BCUT2D eigenvalue weighted by Crippen LogP contribution is 2.44. The Balaban J connectivity index is 1.81. The maximum absolute atomic E-state index is 14.5. The Hall–Kier alpha value is -2.50. The molecule has 0 saturated carbocycles. The van der Waals surface area contributed by atoms with E-state index >= 15 is 0 Å². The summed E-state index contributed by atoms with van der Waals surface area (Å²) < 4.78 is 33.9. The molecule has 0 saturated heterocycles. The number of nitrogens with two attached hydrogens (primary N) is 1. The molecule has 8 nitrogen and oxygen atoms in total. The van der Waals surface area contributed by atoms with E-state index in [0.29, 0.717) is 20.5 Å². The molecule has 1 unspecified atom stereocenters. The van der Waals surface area contributed by atoms with Crippen molar-refractivity contribution >= 4 is 44.5 Å². The van der Waals surface area contributed by atoms with Crippen LogP contribution in [0.25, 0.3) is 22.0 Å². The SMILES string of the molecule is C=S1(=O)C[C@@](C)(c2sc(-c3cc(-c4nnco4)ncc3F)cc2Cl)N=C(N)N1C. The Bertz CT molecular complexity index is 1220. The van der Waals surface area contributed by atoms with Crippen molar-refractivity contribution in [1.82, 2.24) is 19.5 Å². The number of aromatic nitrogens is 3. The van der Waals surface area contributed by atoms with E-state index in [2.05, 4.69) is 26.0 Å². The highest BCUT2D eigenvalue weighted by Gasteiger charge is 2.39. The average Bonchev–Trinajstić information content (AvgIpc) is 3.30. The van der Waals surface area contributed by atoms with Gasteiger partial charge in [0.25, 0.3) is 5.89 Å². The van der Waals surface area contributed by atoms with Gasteiger partial charge in [-0.1, -0.05) is 11.6 Å². The zero-order chi connectivity index (χ0) is 21.0. The highest BCUT2D eigenvalue weighted by atomic mass is 35.5. The molecular formula is C17H16ClFN6O2S2. The van der Waals surface area contributed by atoms with Crippen molar-refractivity contribution in [2.45, 2.75) is 12.5 Å². The van der Waals surface area contributed by atoms with Gasteiger partial charge in [0.15, 0.2) is 0 Å². The van der Waals surface area contributed by atoms with E-state index in [9.17, 15) is 8.60 Å². The summed E-state index contributed by atoms with van der Waals surface area (Å²) in [6.07, 6.45) is 2.25. The van der Waals surface area contributed by atoms with E-state index in [1.807, 2.05) is 0 Å². The van der Waals surface area contributed by atoms with Crippen molar-refractivity contribution in [2.24, 2.45) is 10.7 Å². The van der Waals surface area contributed by atoms with E-state index < -0.39 is 21.1 Å². The monoisotopic (exact) mass is 454 g/mol. The van der Waals surface area contributed by atoms with Gasteiger partial charge in [-0.3, -0.25) is 4.31 Å². The lowest BCUT2D eigenvalue weighted by Crippen LogP contribution is -2.50. The number of guanidine groups is 1. The Morgan fingerprint density at radius 3 is 2.90 bits per heavy atom. The first-order chi connectivity index (χ1) is 13.6. The van der Waals surface area contributed by atoms with Crippen LogP contribution < -0.4 is 5.73 Å². The number of hydrogen-bond donors (Lipinski definition) is 1. The number of rotatable bonds is 3. The van der Waals surface area contributed by atoms with Crippen molar-refractivity contribution in [3.05, 3.63) is 40.4 Å². The molecule has 0 aliphatic carbocycles. The molecule has 0 aromatic carbocycles. The van der Waals surface area contributed by atoms with Crippen LogP contribution in [0.5, 0.6) is 0 Å². The summed E-state index contributed by atoms with van der Waals surface area (Å²) in [6, 6.07) is 3.14. The average molecular weight is 455 g/mol. The van der Waals surface area contributed by atoms with Crippen LogP contribution in [0.15, 0.2) is 34.1 Å². The van der Waals surface area contributed by atoms with Crippen LogP contribution in [0.2, 0.25) is 5.02 Å². The number of aliphatic imine (C=N–C) groups is 1.